The molecule has 1 aromatic heterocycles. The van der Waals surface area contributed by atoms with Gasteiger partial charge in [0.25, 0.3) is 5.91 Å². The van der Waals surface area contributed by atoms with Gasteiger partial charge in [-0.25, -0.2) is 14.1 Å². The van der Waals surface area contributed by atoms with Crippen molar-refractivity contribution in [3.63, 3.8) is 0 Å². The zero-order valence-corrected chi connectivity index (χ0v) is 16.1. The Morgan fingerprint density at radius 3 is 2.38 bits per heavy atom. The SMILES string of the molecule is Cc1ccc(NC(=O)c2nc(-c3ccccc3)n(-c3ccc(F)cc3)n2)c(C)c1. The first kappa shape index (κ1) is 18.6. The first-order chi connectivity index (χ1) is 14.0. The van der Waals surface area contributed by atoms with Gasteiger partial charge < -0.3 is 5.32 Å². The van der Waals surface area contributed by atoms with Crippen molar-refractivity contribution in [1.29, 1.82) is 0 Å². The summed E-state index contributed by atoms with van der Waals surface area (Å²) in [6, 6.07) is 21.1. The van der Waals surface area contributed by atoms with Gasteiger partial charge in [0.1, 0.15) is 5.82 Å². The second-order valence-electron chi connectivity index (χ2n) is 6.79. The third-order valence-corrected chi connectivity index (χ3v) is 4.54. The van der Waals surface area contributed by atoms with Gasteiger partial charge in [0.05, 0.1) is 5.69 Å². The number of anilines is 1. The van der Waals surface area contributed by atoms with Crippen LogP contribution in [0.5, 0.6) is 0 Å². The van der Waals surface area contributed by atoms with Crippen LogP contribution in [0.2, 0.25) is 0 Å². The summed E-state index contributed by atoms with van der Waals surface area (Å²) >= 11 is 0. The number of amides is 1. The number of carbonyl (C=O) groups excluding carboxylic acids is 1. The fourth-order valence-electron chi connectivity index (χ4n) is 3.08. The van der Waals surface area contributed by atoms with Crippen LogP contribution < -0.4 is 5.32 Å². The number of rotatable bonds is 4. The Kier molecular flexibility index (Phi) is 4.91. The average Bonchev–Trinajstić information content (AvgIpc) is 3.17. The van der Waals surface area contributed by atoms with Crippen LogP contribution in [0.25, 0.3) is 17.1 Å². The van der Waals surface area contributed by atoms with Crippen molar-refractivity contribution in [2.75, 3.05) is 5.32 Å². The Morgan fingerprint density at radius 1 is 0.966 bits per heavy atom. The molecular formula is C23H19FN4O. The third-order valence-electron chi connectivity index (χ3n) is 4.54. The molecule has 0 bridgehead atoms. The Bertz CT molecular complexity index is 1170. The molecule has 1 heterocycles. The smallest absolute Gasteiger partial charge is 0.295 e. The van der Waals surface area contributed by atoms with Gasteiger partial charge in [0, 0.05) is 11.3 Å². The first-order valence-electron chi connectivity index (χ1n) is 9.18. The summed E-state index contributed by atoms with van der Waals surface area (Å²) in [5, 5.41) is 7.27. The second kappa shape index (κ2) is 7.67. The average molecular weight is 386 g/mol. The summed E-state index contributed by atoms with van der Waals surface area (Å²) in [5.74, 6) is -0.214. The molecule has 6 heteroatoms. The first-order valence-corrected chi connectivity index (χ1v) is 9.18. The number of hydrogen-bond acceptors (Lipinski definition) is 3. The van der Waals surface area contributed by atoms with Gasteiger partial charge in [0.15, 0.2) is 5.82 Å². The fraction of sp³-hybridized carbons (Fsp3) is 0.0870. The van der Waals surface area contributed by atoms with Gasteiger partial charge in [-0.15, -0.1) is 5.10 Å². The molecule has 3 aromatic carbocycles. The standard InChI is InChI=1S/C23H19FN4O/c1-15-8-13-20(16(2)14-15)25-23(29)21-26-22(17-6-4-3-5-7-17)28(27-21)19-11-9-18(24)10-12-19/h3-14H,1-2H3,(H,25,29). The van der Waals surface area contributed by atoms with Crippen LogP contribution in [0.1, 0.15) is 21.7 Å². The van der Waals surface area contributed by atoms with E-state index in [1.807, 2.05) is 62.4 Å². The second-order valence-corrected chi connectivity index (χ2v) is 6.79. The quantitative estimate of drug-likeness (QED) is 0.540. The third kappa shape index (κ3) is 3.91. The van der Waals surface area contributed by atoms with E-state index in [1.54, 1.807) is 16.8 Å². The highest BCUT2D eigenvalue weighted by Gasteiger charge is 2.19. The minimum absolute atomic E-state index is 0.0353. The monoisotopic (exact) mass is 386 g/mol. The molecule has 4 aromatic rings. The molecule has 0 saturated heterocycles. The summed E-state index contributed by atoms with van der Waals surface area (Å²) in [6.45, 7) is 3.93. The molecule has 0 radical (unpaired) electrons. The molecule has 0 fully saturated rings. The molecule has 4 rings (SSSR count). The molecule has 144 valence electrons. The van der Waals surface area contributed by atoms with E-state index in [4.69, 9.17) is 0 Å². The summed E-state index contributed by atoms with van der Waals surface area (Å²) in [5.41, 5.74) is 4.20. The molecule has 5 nitrogen and oxygen atoms in total. The van der Waals surface area contributed by atoms with E-state index in [-0.39, 0.29) is 11.6 Å². The Labute approximate surface area is 167 Å². The highest BCUT2D eigenvalue weighted by Crippen LogP contribution is 2.22. The van der Waals surface area contributed by atoms with Gasteiger partial charge in [-0.05, 0) is 49.7 Å². The maximum absolute atomic E-state index is 13.4. The van der Waals surface area contributed by atoms with Crippen LogP contribution in [-0.4, -0.2) is 20.7 Å². The van der Waals surface area contributed by atoms with Crippen molar-refractivity contribution in [2.24, 2.45) is 0 Å². The molecule has 0 aliphatic carbocycles. The summed E-state index contributed by atoms with van der Waals surface area (Å²) < 4.78 is 14.9. The van der Waals surface area contributed by atoms with Crippen molar-refractivity contribution in [2.45, 2.75) is 13.8 Å². The molecule has 0 aliphatic rings. The molecular weight excluding hydrogens is 367 g/mol. The minimum atomic E-state index is -0.407. The highest BCUT2D eigenvalue weighted by molar-refractivity contribution is 6.02. The maximum Gasteiger partial charge on any atom is 0.295 e. The van der Waals surface area contributed by atoms with Gasteiger partial charge >= 0.3 is 0 Å². The van der Waals surface area contributed by atoms with Crippen LogP contribution >= 0.6 is 0 Å². The summed E-state index contributed by atoms with van der Waals surface area (Å²) in [6.07, 6.45) is 0. The molecule has 1 amide bonds. The summed E-state index contributed by atoms with van der Waals surface area (Å²) in [4.78, 5) is 17.3. The highest BCUT2D eigenvalue weighted by atomic mass is 19.1. The minimum Gasteiger partial charge on any atom is -0.319 e. The lowest BCUT2D eigenvalue weighted by molar-refractivity contribution is 0.101. The van der Waals surface area contributed by atoms with Gasteiger partial charge in [-0.3, -0.25) is 4.79 Å². The number of benzene rings is 3. The lowest BCUT2D eigenvalue weighted by Crippen LogP contribution is -2.15. The van der Waals surface area contributed by atoms with E-state index in [0.29, 0.717) is 17.2 Å². The van der Waals surface area contributed by atoms with Gasteiger partial charge in [-0.2, -0.15) is 0 Å². The number of nitrogens with zero attached hydrogens (tertiary/aromatic N) is 3. The molecule has 0 unspecified atom stereocenters. The lowest BCUT2D eigenvalue weighted by atomic mass is 10.1. The molecule has 0 spiro atoms. The predicted octanol–water partition coefficient (Wildman–Crippen LogP) is 4.94. The van der Waals surface area contributed by atoms with Crippen molar-refractivity contribution in [3.05, 3.63) is 95.6 Å². The molecule has 0 saturated carbocycles. The Balaban J connectivity index is 1.74. The normalized spacial score (nSPS) is 10.7. The van der Waals surface area contributed by atoms with Gasteiger partial charge in [0.2, 0.25) is 5.82 Å². The number of carbonyl (C=O) groups is 1. The van der Waals surface area contributed by atoms with Crippen molar-refractivity contribution >= 4 is 11.6 Å². The van der Waals surface area contributed by atoms with E-state index >= 15 is 0 Å². The van der Waals surface area contributed by atoms with Crippen molar-refractivity contribution in [3.8, 4) is 17.1 Å². The molecule has 0 aliphatic heterocycles. The number of aromatic nitrogens is 3. The maximum atomic E-state index is 13.4. The van der Waals surface area contributed by atoms with Crippen molar-refractivity contribution in [1.82, 2.24) is 14.8 Å². The largest absolute Gasteiger partial charge is 0.319 e. The summed E-state index contributed by atoms with van der Waals surface area (Å²) in [7, 11) is 0. The van der Waals surface area contributed by atoms with Crippen LogP contribution in [0.3, 0.4) is 0 Å². The Hall–Kier alpha value is -3.80. The van der Waals surface area contributed by atoms with Crippen LogP contribution in [0.4, 0.5) is 10.1 Å². The Morgan fingerprint density at radius 2 is 1.69 bits per heavy atom. The number of halogens is 1. The van der Waals surface area contributed by atoms with E-state index in [0.717, 1.165) is 16.7 Å². The van der Waals surface area contributed by atoms with Gasteiger partial charge in [-0.1, -0.05) is 48.0 Å². The predicted molar refractivity (Wildman–Crippen MR) is 111 cm³/mol. The fourth-order valence-corrected chi connectivity index (χ4v) is 3.08. The van der Waals surface area contributed by atoms with Crippen LogP contribution in [-0.2, 0) is 0 Å². The van der Waals surface area contributed by atoms with E-state index < -0.39 is 5.91 Å². The topological polar surface area (TPSA) is 59.8 Å². The van der Waals surface area contributed by atoms with Crippen LogP contribution in [0, 0.1) is 19.7 Å². The molecule has 0 atom stereocenters. The molecule has 1 N–H and O–H groups in total. The lowest BCUT2D eigenvalue weighted by Gasteiger charge is -2.07. The van der Waals surface area contributed by atoms with E-state index in [1.165, 1.54) is 12.1 Å². The number of aryl methyl sites for hydroxylation is 2. The van der Waals surface area contributed by atoms with E-state index in [2.05, 4.69) is 15.4 Å². The van der Waals surface area contributed by atoms with Crippen molar-refractivity contribution < 1.29 is 9.18 Å². The van der Waals surface area contributed by atoms with E-state index in [9.17, 15) is 9.18 Å². The zero-order valence-electron chi connectivity index (χ0n) is 16.1. The zero-order chi connectivity index (χ0) is 20.4. The van der Waals surface area contributed by atoms with Crippen LogP contribution in [0.15, 0.2) is 72.8 Å². The molecule has 29 heavy (non-hydrogen) atoms. The number of nitrogens with one attached hydrogen (secondary N) is 1. The number of hydrogen-bond donors (Lipinski definition) is 1.